The second kappa shape index (κ2) is 11.3. The summed E-state index contributed by atoms with van der Waals surface area (Å²) >= 11 is 0. The van der Waals surface area contributed by atoms with E-state index in [1.165, 1.54) is 44.9 Å². The number of alkyl halides is 9. The number of benzene rings is 2. The van der Waals surface area contributed by atoms with E-state index in [4.69, 9.17) is 0 Å². The van der Waals surface area contributed by atoms with Crippen LogP contribution in [-0.4, -0.2) is 18.0 Å². The molecule has 206 valence electrons. The van der Waals surface area contributed by atoms with Gasteiger partial charge in [-0.05, 0) is 54.2 Å². The Labute approximate surface area is 211 Å². The van der Waals surface area contributed by atoms with Crippen molar-refractivity contribution in [2.45, 2.75) is 94.6 Å². The van der Waals surface area contributed by atoms with E-state index in [9.17, 15) is 39.5 Å². The molecule has 0 atom stereocenters. The molecule has 0 N–H and O–H groups in total. The second-order valence-electron chi connectivity index (χ2n) is 9.99. The van der Waals surface area contributed by atoms with E-state index in [1.807, 2.05) is 12.1 Å². The van der Waals surface area contributed by atoms with Crippen LogP contribution < -0.4 is 0 Å². The van der Waals surface area contributed by atoms with Crippen molar-refractivity contribution < 1.29 is 39.5 Å². The molecule has 1 aliphatic rings. The smallest absolute Gasteiger partial charge is 0.216 e. The molecule has 3 rings (SSSR count). The second-order valence-corrected chi connectivity index (χ2v) is 9.99. The van der Waals surface area contributed by atoms with Crippen LogP contribution in [0, 0.1) is 5.92 Å². The molecule has 0 saturated heterocycles. The lowest BCUT2D eigenvalue weighted by Crippen LogP contribution is -2.63. The van der Waals surface area contributed by atoms with Gasteiger partial charge in [0.25, 0.3) is 0 Å². The minimum Gasteiger partial charge on any atom is -0.216 e. The van der Waals surface area contributed by atoms with Gasteiger partial charge in [-0.25, -0.2) is 4.39 Å². The summed E-state index contributed by atoms with van der Waals surface area (Å²) in [5, 5.41) is 0. The Bertz CT molecular complexity index is 966. The number of rotatable bonds is 9. The van der Waals surface area contributed by atoms with Gasteiger partial charge in [-0.1, -0.05) is 87.6 Å². The largest absolute Gasteiger partial charge is 0.438 e. The lowest BCUT2D eigenvalue weighted by atomic mass is 9.77. The third kappa shape index (κ3) is 6.11. The van der Waals surface area contributed by atoms with E-state index in [1.54, 1.807) is 12.1 Å². The molecule has 9 heteroatoms. The Kier molecular flexibility index (Phi) is 8.95. The molecule has 2 aromatic carbocycles. The van der Waals surface area contributed by atoms with Crippen LogP contribution in [0.4, 0.5) is 39.5 Å². The van der Waals surface area contributed by atoms with Gasteiger partial charge >= 0.3 is 23.9 Å². The molecule has 2 aromatic rings. The highest BCUT2D eigenvalue weighted by Crippen LogP contribution is 2.58. The maximum absolute atomic E-state index is 14.3. The van der Waals surface area contributed by atoms with Gasteiger partial charge in [-0.2, -0.15) is 35.1 Å². The predicted molar refractivity (Wildman–Crippen MR) is 125 cm³/mol. The summed E-state index contributed by atoms with van der Waals surface area (Å²) in [5.41, 5.74) is -6.43. The summed E-state index contributed by atoms with van der Waals surface area (Å²) in [7, 11) is 0. The maximum Gasteiger partial charge on any atom is 0.438 e. The van der Waals surface area contributed by atoms with Crippen LogP contribution in [0.5, 0.6) is 0 Å². The van der Waals surface area contributed by atoms with Crippen molar-refractivity contribution in [2.24, 2.45) is 5.92 Å². The van der Waals surface area contributed by atoms with Crippen LogP contribution in [0.3, 0.4) is 0 Å². The quantitative estimate of drug-likeness (QED) is 0.220. The number of hydrogen-bond donors (Lipinski definition) is 0. The monoisotopic (exact) mass is 538 g/mol. The van der Waals surface area contributed by atoms with Crippen molar-refractivity contribution >= 4 is 0 Å². The Balaban J connectivity index is 1.68. The molecule has 0 spiro atoms. The standard InChI is InChI=1S/C28H31F9/c1-2-3-4-5-6-19-7-9-20(10-8-19)21-11-13-22(14-12-21)23-15-17-24(18-16-23)25(29,30)26(31,27(32,33)34)28(35,36)37/h11-20H,2-10H2,1H3. The first-order valence-corrected chi connectivity index (χ1v) is 12.6. The molecule has 37 heavy (non-hydrogen) atoms. The fourth-order valence-corrected chi connectivity index (χ4v) is 5.18. The van der Waals surface area contributed by atoms with Crippen LogP contribution in [0.1, 0.15) is 81.8 Å². The van der Waals surface area contributed by atoms with Gasteiger partial charge in [-0.15, -0.1) is 0 Å². The summed E-state index contributed by atoms with van der Waals surface area (Å²) in [6.45, 7) is 2.19. The molecule has 1 fully saturated rings. The Morgan fingerprint density at radius 3 is 1.57 bits per heavy atom. The lowest BCUT2D eigenvalue weighted by molar-refractivity contribution is -0.400. The van der Waals surface area contributed by atoms with Gasteiger partial charge in [0.2, 0.25) is 0 Å². The number of hydrogen-bond acceptors (Lipinski definition) is 0. The number of halogens is 9. The molecule has 0 aliphatic heterocycles. The van der Waals surface area contributed by atoms with Crippen LogP contribution in [-0.2, 0) is 5.92 Å². The third-order valence-corrected chi connectivity index (χ3v) is 7.49. The molecular formula is C28H31F9. The fraction of sp³-hybridized carbons (Fsp3) is 0.571. The van der Waals surface area contributed by atoms with Gasteiger partial charge < -0.3 is 0 Å². The summed E-state index contributed by atoms with van der Waals surface area (Å²) in [5.74, 6) is -4.72. The van der Waals surface area contributed by atoms with E-state index in [-0.39, 0.29) is 0 Å². The van der Waals surface area contributed by atoms with Crippen molar-refractivity contribution in [2.75, 3.05) is 0 Å². The van der Waals surface area contributed by atoms with Crippen LogP contribution in [0.25, 0.3) is 11.1 Å². The first kappa shape index (κ1) is 29.4. The van der Waals surface area contributed by atoms with Crippen LogP contribution in [0.15, 0.2) is 48.5 Å². The van der Waals surface area contributed by atoms with Crippen molar-refractivity contribution in [3.05, 3.63) is 59.7 Å². The highest BCUT2D eigenvalue weighted by Gasteiger charge is 2.84. The van der Waals surface area contributed by atoms with E-state index in [0.717, 1.165) is 36.5 Å². The van der Waals surface area contributed by atoms with Crippen molar-refractivity contribution in [3.63, 3.8) is 0 Å². The van der Waals surface area contributed by atoms with Gasteiger partial charge in [-0.3, -0.25) is 0 Å². The SMILES string of the molecule is CCCCCCC1CCC(c2ccc(-c3ccc(C(F)(F)C(F)(C(F)(F)F)C(F)(F)F)cc3)cc2)CC1. The lowest BCUT2D eigenvalue weighted by Gasteiger charge is -2.36. The normalized spacial score (nSPS) is 19.7. The Morgan fingerprint density at radius 1 is 0.622 bits per heavy atom. The number of unbranched alkanes of at least 4 members (excludes halogenated alkanes) is 3. The predicted octanol–water partition coefficient (Wildman–Crippen LogP) is 10.5. The van der Waals surface area contributed by atoms with Gasteiger partial charge in [0.05, 0.1) is 0 Å². The average Bonchev–Trinajstić information content (AvgIpc) is 2.85. The molecule has 0 aromatic heterocycles. The summed E-state index contributed by atoms with van der Waals surface area (Å²) in [6, 6.07) is 10.0. The van der Waals surface area contributed by atoms with Gasteiger partial charge in [0.15, 0.2) is 0 Å². The summed E-state index contributed by atoms with van der Waals surface area (Å²) in [4.78, 5) is 0. The van der Waals surface area contributed by atoms with Crippen LogP contribution in [0.2, 0.25) is 0 Å². The van der Waals surface area contributed by atoms with Gasteiger partial charge in [0.1, 0.15) is 0 Å². The van der Waals surface area contributed by atoms with Gasteiger partial charge in [0, 0.05) is 5.56 Å². The molecule has 0 bridgehead atoms. The van der Waals surface area contributed by atoms with E-state index in [2.05, 4.69) is 6.92 Å². The zero-order valence-corrected chi connectivity index (χ0v) is 20.5. The molecule has 0 nitrogen and oxygen atoms in total. The minimum absolute atomic E-state index is 0.311. The first-order chi connectivity index (χ1) is 17.2. The Hall–Kier alpha value is -2.19. The molecule has 0 radical (unpaired) electrons. The molecule has 0 amide bonds. The molecule has 1 saturated carbocycles. The average molecular weight is 539 g/mol. The summed E-state index contributed by atoms with van der Waals surface area (Å²) in [6.07, 6.45) is -2.96. The van der Waals surface area contributed by atoms with E-state index < -0.39 is 29.5 Å². The van der Waals surface area contributed by atoms with E-state index >= 15 is 0 Å². The maximum atomic E-state index is 14.3. The van der Waals surface area contributed by atoms with Crippen molar-refractivity contribution in [3.8, 4) is 11.1 Å². The molecule has 0 heterocycles. The zero-order chi connectivity index (χ0) is 27.5. The highest BCUT2D eigenvalue weighted by molar-refractivity contribution is 5.64. The molecule has 1 aliphatic carbocycles. The van der Waals surface area contributed by atoms with Crippen molar-refractivity contribution in [1.29, 1.82) is 0 Å². The topological polar surface area (TPSA) is 0 Å². The van der Waals surface area contributed by atoms with Crippen LogP contribution >= 0.6 is 0 Å². The highest BCUT2D eigenvalue weighted by atomic mass is 19.4. The third-order valence-electron chi connectivity index (χ3n) is 7.49. The van der Waals surface area contributed by atoms with Crippen molar-refractivity contribution in [1.82, 2.24) is 0 Å². The first-order valence-electron chi connectivity index (χ1n) is 12.6. The summed E-state index contributed by atoms with van der Waals surface area (Å²) < 4.78 is 120. The zero-order valence-electron chi connectivity index (χ0n) is 20.5. The molecule has 0 unspecified atom stereocenters. The minimum atomic E-state index is -6.86. The van der Waals surface area contributed by atoms with E-state index in [0.29, 0.717) is 29.2 Å². The Morgan fingerprint density at radius 2 is 1.11 bits per heavy atom. The molecular weight excluding hydrogens is 507 g/mol. The fourth-order valence-electron chi connectivity index (χ4n) is 5.18.